The summed E-state index contributed by atoms with van der Waals surface area (Å²) in [6, 6.07) is 8.48. The number of carbonyl (C=O) groups excluding carboxylic acids is 1. The molecule has 1 aliphatic heterocycles. The van der Waals surface area contributed by atoms with Crippen molar-refractivity contribution in [2.75, 3.05) is 13.2 Å². The van der Waals surface area contributed by atoms with Crippen molar-refractivity contribution in [2.24, 2.45) is 5.92 Å². The molecule has 1 aromatic carbocycles. The lowest BCUT2D eigenvalue weighted by molar-refractivity contribution is -0.140. The topological polar surface area (TPSA) is 58.2 Å². The van der Waals surface area contributed by atoms with Crippen LogP contribution in [0.2, 0.25) is 0 Å². The number of fused-ring (bicyclic) bond motifs is 2. The summed E-state index contributed by atoms with van der Waals surface area (Å²) in [7, 11) is 0. The Bertz CT molecular complexity index is 693. The van der Waals surface area contributed by atoms with E-state index < -0.39 is 0 Å². The molecule has 0 radical (unpaired) electrons. The van der Waals surface area contributed by atoms with Crippen molar-refractivity contribution >= 4 is 16.9 Å². The molecule has 1 saturated heterocycles. The van der Waals surface area contributed by atoms with Crippen molar-refractivity contribution in [2.45, 2.75) is 51.1 Å². The number of hydrogen-bond acceptors (Lipinski definition) is 3. The van der Waals surface area contributed by atoms with E-state index in [1.165, 1.54) is 19.3 Å². The maximum absolute atomic E-state index is 12.8. The first-order chi connectivity index (χ1) is 11.8. The summed E-state index contributed by atoms with van der Waals surface area (Å²) in [5.41, 5.74) is 2.01. The number of rotatable bonds is 4. The zero-order valence-corrected chi connectivity index (χ0v) is 14.2. The summed E-state index contributed by atoms with van der Waals surface area (Å²) >= 11 is 0. The molecule has 2 fully saturated rings. The van der Waals surface area contributed by atoms with E-state index in [2.05, 4.69) is 9.88 Å². The van der Waals surface area contributed by atoms with Crippen molar-refractivity contribution in [1.29, 1.82) is 0 Å². The molecule has 0 bridgehead atoms. The first-order valence-electron chi connectivity index (χ1n) is 9.11. The number of para-hydroxylation sites is 2. The minimum absolute atomic E-state index is 0.0541. The Hall–Kier alpha value is -1.88. The van der Waals surface area contributed by atoms with Crippen LogP contribution in [0.15, 0.2) is 24.3 Å². The first kappa shape index (κ1) is 15.6. The highest BCUT2D eigenvalue weighted by atomic mass is 16.5. The highest BCUT2D eigenvalue weighted by Gasteiger charge is 2.45. The molecule has 4 rings (SSSR count). The third-order valence-corrected chi connectivity index (χ3v) is 5.53. The van der Waals surface area contributed by atoms with Crippen LogP contribution in [0.4, 0.5) is 0 Å². The fourth-order valence-corrected chi connectivity index (χ4v) is 4.46. The largest absolute Gasteiger partial charge is 0.372 e. The van der Waals surface area contributed by atoms with Crippen LogP contribution >= 0.6 is 0 Å². The Balaban J connectivity index is 1.66. The molecule has 24 heavy (non-hydrogen) atoms. The van der Waals surface area contributed by atoms with Crippen LogP contribution in [0.5, 0.6) is 0 Å². The lowest BCUT2D eigenvalue weighted by Crippen LogP contribution is -2.42. The van der Waals surface area contributed by atoms with E-state index in [9.17, 15) is 4.79 Å². The summed E-state index contributed by atoms with van der Waals surface area (Å²) in [4.78, 5) is 23.1. The molecule has 0 spiro atoms. The van der Waals surface area contributed by atoms with Crippen molar-refractivity contribution < 1.29 is 9.53 Å². The number of H-pyrrole nitrogens is 1. The van der Waals surface area contributed by atoms with Crippen molar-refractivity contribution in [3.8, 4) is 0 Å². The Kier molecular flexibility index (Phi) is 4.27. The molecule has 2 aromatic rings. The number of aromatic nitrogens is 2. The lowest BCUT2D eigenvalue weighted by Gasteiger charge is -2.33. The number of aromatic amines is 1. The van der Waals surface area contributed by atoms with Crippen LogP contribution in [-0.4, -0.2) is 40.0 Å². The van der Waals surface area contributed by atoms with Gasteiger partial charge in [-0.1, -0.05) is 25.0 Å². The molecule has 2 heterocycles. The van der Waals surface area contributed by atoms with Crippen LogP contribution in [0.3, 0.4) is 0 Å². The third-order valence-electron chi connectivity index (χ3n) is 5.53. The number of ether oxygens (including phenoxy) is 1. The van der Waals surface area contributed by atoms with E-state index in [1.807, 2.05) is 31.2 Å². The standard InChI is InChI=1S/C19H25N3O2/c1-2-24-12-18(23)22-16-10-6-3-7-13(16)11-17(22)19-20-14-8-4-5-9-15(14)21-19/h4-5,8-9,13,16-17H,2-3,6-7,10-12H2,1H3,(H,20,21). The van der Waals surface area contributed by atoms with Crippen LogP contribution in [0.1, 0.15) is 50.9 Å². The highest BCUT2D eigenvalue weighted by molar-refractivity contribution is 5.79. The first-order valence-corrected chi connectivity index (χ1v) is 9.11. The summed E-state index contributed by atoms with van der Waals surface area (Å²) in [5.74, 6) is 1.63. The number of carbonyl (C=O) groups is 1. The number of imidazole rings is 1. The molecule has 1 amide bonds. The molecular weight excluding hydrogens is 302 g/mol. The van der Waals surface area contributed by atoms with Gasteiger partial charge in [0.25, 0.3) is 0 Å². The molecule has 5 heteroatoms. The minimum atomic E-state index is 0.0541. The predicted octanol–water partition coefficient (Wildman–Crippen LogP) is 3.43. The fraction of sp³-hybridized carbons (Fsp3) is 0.579. The Morgan fingerprint density at radius 3 is 3.00 bits per heavy atom. The summed E-state index contributed by atoms with van der Waals surface area (Å²) in [6.45, 7) is 2.68. The third kappa shape index (κ3) is 2.71. The van der Waals surface area contributed by atoms with Crippen LogP contribution in [0.25, 0.3) is 11.0 Å². The maximum atomic E-state index is 12.8. The number of likely N-dealkylation sites (tertiary alicyclic amines) is 1. The van der Waals surface area contributed by atoms with Gasteiger partial charge in [-0.05, 0) is 44.2 Å². The minimum Gasteiger partial charge on any atom is -0.372 e. The second-order valence-corrected chi connectivity index (χ2v) is 6.94. The van der Waals surface area contributed by atoms with Gasteiger partial charge in [0.05, 0.1) is 17.1 Å². The van der Waals surface area contributed by atoms with Crippen molar-refractivity contribution in [3.63, 3.8) is 0 Å². The zero-order valence-electron chi connectivity index (χ0n) is 14.2. The van der Waals surface area contributed by atoms with Gasteiger partial charge in [-0.15, -0.1) is 0 Å². The van der Waals surface area contributed by atoms with E-state index in [1.54, 1.807) is 0 Å². The van der Waals surface area contributed by atoms with Gasteiger partial charge in [-0.2, -0.15) is 0 Å². The summed E-state index contributed by atoms with van der Waals surface area (Å²) < 4.78 is 5.41. The summed E-state index contributed by atoms with van der Waals surface area (Å²) in [6.07, 6.45) is 5.84. The molecule has 1 saturated carbocycles. The monoisotopic (exact) mass is 327 g/mol. The van der Waals surface area contributed by atoms with E-state index >= 15 is 0 Å². The number of nitrogens with one attached hydrogen (secondary N) is 1. The van der Waals surface area contributed by atoms with Gasteiger partial charge < -0.3 is 14.6 Å². The molecule has 1 N–H and O–H groups in total. The average molecular weight is 327 g/mol. The number of benzene rings is 1. The number of nitrogens with zero attached hydrogens (tertiary/aromatic N) is 2. The van der Waals surface area contributed by atoms with Crippen LogP contribution < -0.4 is 0 Å². The highest BCUT2D eigenvalue weighted by Crippen LogP contribution is 2.45. The number of amides is 1. The molecule has 1 aromatic heterocycles. The average Bonchev–Trinajstić information content (AvgIpc) is 3.20. The second-order valence-electron chi connectivity index (χ2n) is 6.94. The molecule has 128 valence electrons. The molecular formula is C19H25N3O2. The van der Waals surface area contributed by atoms with E-state index in [0.717, 1.165) is 29.7 Å². The fourth-order valence-electron chi connectivity index (χ4n) is 4.46. The molecule has 3 atom stereocenters. The van der Waals surface area contributed by atoms with Gasteiger partial charge in [-0.25, -0.2) is 4.98 Å². The predicted molar refractivity (Wildman–Crippen MR) is 92.5 cm³/mol. The van der Waals surface area contributed by atoms with Gasteiger partial charge in [0, 0.05) is 12.6 Å². The van der Waals surface area contributed by atoms with Gasteiger partial charge in [0.1, 0.15) is 12.4 Å². The quantitative estimate of drug-likeness (QED) is 0.936. The van der Waals surface area contributed by atoms with Crippen LogP contribution in [-0.2, 0) is 9.53 Å². The summed E-state index contributed by atoms with van der Waals surface area (Å²) in [5, 5.41) is 0. The van der Waals surface area contributed by atoms with Gasteiger partial charge in [0.2, 0.25) is 5.91 Å². The van der Waals surface area contributed by atoms with Gasteiger partial charge in [0.15, 0.2) is 0 Å². The van der Waals surface area contributed by atoms with E-state index in [0.29, 0.717) is 18.6 Å². The zero-order chi connectivity index (χ0) is 16.5. The molecule has 5 nitrogen and oxygen atoms in total. The maximum Gasteiger partial charge on any atom is 0.249 e. The van der Waals surface area contributed by atoms with Gasteiger partial charge in [-0.3, -0.25) is 4.79 Å². The van der Waals surface area contributed by atoms with Gasteiger partial charge >= 0.3 is 0 Å². The Labute approximate surface area is 142 Å². The van der Waals surface area contributed by atoms with E-state index in [-0.39, 0.29) is 18.6 Å². The Morgan fingerprint density at radius 2 is 2.17 bits per heavy atom. The lowest BCUT2D eigenvalue weighted by atomic mass is 9.84. The number of hydrogen-bond donors (Lipinski definition) is 1. The van der Waals surface area contributed by atoms with Crippen molar-refractivity contribution in [3.05, 3.63) is 30.1 Å². The molecule has 3 unspecified atom stereocenters. The van der Waals surface area contributed by atoms with Crippen LogP contribution in [0, 0.1) is 5.92 Å². The van der Waals surface area contributed by atoms with Crippen molar-refractivity contribution in [1.82, 2.24) is 14.9 Å². The normalized spacial score (nSPS) is 26.7. The Morgan fingerprint density at radius 1 is 1.33 bits per heavy atom. The smallest absolute Gasteiger partial charge is 0.249 e. The SMILES string of the molecule is CCOCC(=O)N1C(c2nc3ccccc3[nH]2)CC2CCCCC21. The second kappa shape index (κ2) is 6.55. The van der Waals surface area contributed by atoms with E-state index in [4.69, 9.17) is 9.72 Å². The molecule has 1 aliphatic carbocycles. The molecule has 2 aliphatic rings.